The first-order chi connectivity index (χ1) is 24.9. The van der Waals surface area contributed by atoms with Gasteiger partial charge in [0.15, 0.2) is 0 Å². The van der Waals surface area contributed by atoms with Crippen LogP contribution in [0.25, 0.3) is 66.4 Å². The van der Waals surface area contributed by atoms with Crippen LogP contribution in [0.4, 0.5) is 4.39 Å². The molecule has 0 aliphatic rings. The minimum Gasteiger partial charge on any atom is -0.501 e. The molecule has 0 spiro atoms. The number of hydrogen-bond acceptors (Lipinski definition) is 3. The number of hydrogen-bond donors (Lipinski definition) is 0. The molecule has 0 atom stereocenters. The van der Waals surface area contributed by atoms with E-state index >= 15 is 0 Å². The minimum atomic E-state index is -1.76. The van der Waals surface area contributed by atoms with Crippen LogP contribution in [-0.4, -0.2) is 18.0 Å². The summed E-state index contributed by atoms with van der Waals surface area (Å²) in [7, 11) is -1.76. The van der Waals surface area contributed by atoms with Gasteiger partial charge in [-0.05, 0) is 56.8 Å². The molecule has 0 N–H and O–H groups in total. The van der Waals surface area contributed by atoms with E-state index in [0.717, 1.165) is 54.7 Å². The van der Waals surface area contributed by atoms with Gasteiger partial charge in [0, 0.05) is 46.4 Å². The molecule has 0 aliphatic heterocycles. The van der Waals surface area contributed by atoms with E-state index in [-0.39, 0.29) is 31.8 Å². The summed E-state index contributed by atoms with van der Waals surface area (Å²) >= 11 is 0. The van der Waals surface area contributed by atoms with Crippen LogP contribution in [0.2, 0.25) is 19.6 Å². The summed E-state index contributed by atoms with van der Waals surface area (Å²) in [4.78, 5) is 9.13. The second kappa shape index (κ2) is 15.2. The number of fused-ring (bicyclic) bond motifs is 4. The summed E-state index contributed by atoms with van der Waals surface area (Å²) in [5.74, 6) is -0.507. The van der Waals surface area contributed by atoms with E-state index in [1.54, 1.807) is 12.3 Å². The molecule has 3 aromatic heterocycles. The number of benzene rings is 5. The Kier molecular flexibility index (Phi) is 9.98. The third kappa shape index (κ3) is 7.94. The maximum atomic E-state index is 13.5. The van der Waals surface area contributed by atoms with Crippen molar-refractivity contribution < 1.29 is 31.7 Å². The Morgan fingerprint density at radius 3 is 2.22 bits per heavy atom. The van der Waals surface area contributed by atoms with Gasteiger partial charge < -0.3 is 14.4 Å². The number of nitrogens with zero attached hydrogens (tertiary/aromatic N) is 2. The molecule has 0 unspecified atom stereocenters. The zero-order valence-corrected chi connectivity index (χ0v) is 32.6. The van der Waals surface area contributed by atoms with Crippen molar-refractivity contribution in [3.8, 4) is 33.6 Å². The topological polar surface area (TPSA) is 38.9 Å². The second-order valence-corrected chi connectivity index (χ2v) is 18.8. The van der Waals surface area contributed by atoms with E-state index in [0.29, 0.717) is 16.8 Å². The maximum absolute atomic E-state index is 13.5. The second-order valence-electron chi connectivity index (χ2n) is 13.8. The number of pyridine rings is 2. The SMILES string of the molecule is [2H]C([2H])(c1cc(-c2[c-]ccc(F)c2)ncc1[Si](C)(C)C)C(C)C.[Ir].[c-]1ccc2c(oc3cc(-c4ccccc4)ccc32)c1-c1cc2ccccc2cn1. The van der Waals surface area contributed by atoms with E-state index in [9.17, 15) is 4.39 Å². The van der Waals surface area contributed by atoms with Gasteiger partial charge in [0.1, 0.15) is 5.58 Å². The summed E-state index contributed by atoms with van der Waals surface area (Å²) < 4.78 is 36.9. The first-order valence-corrected chi connectivity index (χ1v) is 20.4. The standard InChI is InChI=1S/C27H16NO.C18H23FNSi.Ir/c1-2-7-18(8-3-1)20-13-14-22-23-11-6-12-24(27(23)29-26(22)16-20)25-15-19-9-4-5-10-21(19)17-28-25;1-13(2)9-15-11-17(14-7-6-8-16(19)10-14)20-12-18(15)21(3,4)5;/h1-11,13-17H;6,8,10-13H,9H2,1-5H3;/q2*-1;/i;9D2;. The van der Waals surface area contributed by atoms with Crippen molar-refractivity contribution in [2.24, 2.45) is 5.92 Å². The average Bonchev–Trinajstić information content (AvgIpc) is 3.53. The van der Waals surface area contributed by atoms with E-state index in [1.165, 1.54) is 23.8 Å². The first kappa shape index (κ1) is 33.4. The normalized spacial score (nSPS) is 12.3. The van der Waals surface area contributed by atoms with Gasteiger partial charge >= 0.3 is 0 Å². The van der Waals surface area contributed by atoms with Gasteiger partial charge in [0.05, 0.1) is 13.7 Å². The molecule has 51 heavy (non-hydrogen) atoms. The van der Waals surface area contributed by atoms with Crippen molar-refractivity contribution in [3.05, 3.63) is 151 Å². The molecule has 8 rings (SSSR count). The maximum Gasteiger partial charge on any atom is 0.121 e. The van der Waals surface area contributed by atoms with E-state index in [4.69, 9.17) is 7.16 Å². The van der Waals surface area contributed by atoms with Gasteiger partial charge in [-0.15, -0.1) is 48.0 Å². The molecule has 257 valence electrons. The van der Waals surface area contributed by atoms with Gasteiger partial charge in [-0.1, -0.05) is 129 Å². The third-order valence-electron chi connectivity index (χ3n) is 8.62. The Balaban J connectivity index is 0.000000184. The van der Waals surface area contributed by atoms with Crippen LogP contribution in [0.1, 0.15) is 22.2 Å². The molecule has 0 fully saturated rings. The van der Waals surface area contributed by atoms with Crippen molar-refractivity contribution in [2.75, 3.05) is 0 Å². The Hall–Kier alpha value is -4.74. The molecule has 0 amide bonds. The average molecular weight is 865 g/mol. The fourth-order valence-electron chi connectivity index (χ4n) is 6.18. The molecule has 0 bridgehead atoms. The smallest absolute Gasteiger partial charge is 0.121 e. The molecule has 1 radical (unpaired) electrons. The van der Waals surface area contributed by atoms with E-state index < -0.39 is 14.4 Å². The molecule has 0 saturated heterocycles. The summed E-state index contributed by atoms with van der Waals surface area (Å²) in [6.45, 7) is 10.3. The quantitative estimate of drug-likeness (QED) is 0.123. The van der Waals surface area contributed by atoms with Crippen LogP contribution in [0, 0.1) is 23.9 Å². The fraction of sp³-hybridized carbons (Fsp3) is 0.156. The zero-order chi connectivity index (χ0) is 36.6. The van der Waals surface area contributed by atoms with Gasteiger partial charge in [-0.25, -0.2) is 4.39 Å². The summed E-state index contributed by atoms with van der Waals surface area (Å²) in [6, 6.07) is 43.5. The van der Waals surface area contributed by atoms with Gasteiger partial charge in [0.2, 0.25) is 0 Å². The van der Waals surface area contributed by atoms with Crippen LogP contribution in [-0.2, 0) is 26.5 Å². The predicted octanol–water partition coefficient (Wildman–Crippen LogP) is 11.7. The van der Waals surface area contributed by atoms with Gasteiger partial charge in [-0.3, -0.25) is 0 Å². The largest absolute Gasteiger partial charge is 0.501 e. The molecular weight excluding hydrogens is 824 g/mol. The Bertz CT molecular complexity index is 2550. The Labute approximate surface area is 316 Å². The van der Waals surface area contributed by atoms with Gasteiger partial charge in [0.25, 0.3) is 0 Å². The molecule has 3 heterocycles. The Morgan fingerprint density at radius 2 is 1.47 bits per heavy atom. The van der Waals surface area contributed by atoms with E-state index in [1.807, 2.05) is 44.3 Å². The number of rotatable bonds is 6. The van der Waals surface area contributed by atoms with Crippen LogP contribution in [0.15, 0.2) is 132 Å². The van der Waals surface area contributed by atoms with Crippen molar-refractivity contribution in [1.29, 1.82) is 0 Å². The zero-order valence-electron chi connectivity index (χ0n) is 31.2. The van der Waals surface area contributed by atoms with E-state index in [2.05, 4.69) is 108 Å². The number of aromatic nitrogens is 2. The van der Waals surface area contributed by atoms with Crippen LogP contribution in [0.3, 0.4) is 0 Å². The molecule has 8 aromatic rings. The van der Waals surface area contributed by atoms with Crippen molar-refractivity contribution in [1.82, 2.24) is 9.97 Å². The number of halogens is 1. The summed E-state index contributed by atoms with van der Waals surface area (Å²) in [5, 5.41) is 5.49. The number of furan rings is 1. The summed E-state index contributed by atoms with van der Waals surface area (Å²) in [5.41, 5.74) is 7.58. The fourth-order valence-corrected chi connectivity index (χ4v) is 7.58. The molecule has 5 aromatic carbocycles. The molecule has 0 saturated carbocycles. The van der Waals surface area contributed by atoms with Crippen molar-refractivity contribution in [2.45, 2.75) is 39.9 Å². The molecule has 6 heteroatoms. The monoisotopic (exact) mass is 865 g/mol. The van der Waals surface area contributed by atoms with Crippen LogP contribution < -0.4 is 5.19 Å². The van der Waals surface area contributed by atoms with Crippen LogP contribution in [0.5, 0.6) is 0 Å². The third-order valence-corrected chi connectivity index (χ3v) is 10.6. The Morgan fingerprint density at radius 1 is 0.745 bits per heavy atom. The molecular formula is C45H39FIrN2OSi-2. The predicted molar refractivity (Wildman–Crippen MR) is 209 cm³/mol. The first-order valence-electron chi connectivity index (χ1n) is 17.9. The van der Waals surface area contributed by atoms with Gasteiger partial charge in [-0.2, -0.15) is 0 Å². The molecule has 3 nitrogen and oxygen atoms in total. The molecule has 0 aliphatic carbocycles. The minimum absolute atomic E-state index is 0. The van der Waals surface area contributed by atoms with Crippen LogP contribution >= 0.6 is 0 Å². The summed E-state index contributed by atoms with van der Waals surface area (Å²) in [6.07, 6.45) is 2.23. The van der Waals surface area contributed by atoms with Crippen molar-refractivity contribution in [3.63, 3.8) is 0 Å². The van der Waals surface area contributed by atoms with Crippen molar-refractivity contribution >= 4 is 46.0 Å².